The highest BCUT2D eigenvalue weighted by molar-refractivity contribution is 6.05. The molecule has 0 bridgehead atoms. The number of nitrogens with two attached hydrogens (primary N) is 1. The highest BCUT2D eigenvalue weighted by Crippen LogP contribution is 2.25. The van der Waals surface area contributed by atoms with Gasteiger partial charge < -0.3 is 11.1 Å². The number of nitrogens with one attached hydrogen (secondary N) is 1. The molecule has 2 amide bonds. The van der Waals surface area contributed by atoms with Gasteiger partial charge in [-0.05, 0) is 31.5 Å². The summed E-state index contributed by atoms with van der Waals surface area (Å²) in [4.78, 5) is 23.9. The highest BCUT2D eigenvalue weighted by atomic mass is 16.2. The van der Waals surface area contributed by atoms with Gasteiger partial charge in [-0.2, -0.15) is 0 Å². The van der Waals surface area contributed by atoms with E-state index in [4.69, 9.17) is 5.73 Å². The van der Waals surface area contributed by atoms with E-state index in [2.05, 4.69) is 5.32 Å². The van der Waals surface area contributed by atoms with Crippen molar-refractivity contribution in [3.05, 3.63) is 65.7 Å². The van der Waals surface area contributed by atoms with Crippen molar-refractivity contribution in [3.8, 4) is 0 Å². The first kappa shape index (κ1) is 14.8. The van der Waals surface area contributed by atoms with E-state index in [9.17, 15) is 9.59 Å². The van der Waals surface area contributed by atoms with Gasteiger partial charge in [0.25, 0.3) is 5.91 Å². The van der Waals surface area contributed by atoms with Crippen LogP contribution in [0.4, 0.5) is 5.69 Å². The monoisotopic (exact) mass is 282 g/mol. The van der Waals surface area contributed by atoms with Crippen LogP contribution in [0.2, 0.25) is 0 Å². The standard InChI is InChI=1S/C17H18N2O2/c1-17(2,12-8-4-3-5-9-12)16(21)19-14-11-7-6-10-13(14)15(18)20/h3-11H,1-2H3,(H2,18,20)(H,19,21). The van der Waals surface area contributed by atoms with E-state index < -0.39 is 11.3 Å². The lowest BCUT2D eigenvalue weighted by Crippen LogP contribution is -2.35. The smallest absolute Gasteiger partial charge is 0.250 e. The number of primary amides is 1. The normalized spacial score (nSPS) is 11.0. The van der Waals surface area contributed by atoms with Crippen molar-refractivity contribution in [3.63, 3.8) is 0 Å². The van der Waals surface area contributed by atoms with Gasteiger partial charge in [-0.15, -0.1) is 0 Å². The van der Waals surface area contributed by atoms with Gasteiger partial charge in [0.15, 0.2) is 0 Å². The Morgan fingerprint density at radius 3 is 2.14 bits per heavy atom. The van der Waals surface area contributed by atoms with Gasteiger partial charge in [-0.25, -0.2) is 0 Å². The summed E-state index contributed by atoms with van der Waals surface area (Å²) in [7, 11) is 0. The lowest BCUT2D eigenvalue weighted by molar-refractivity contribution is -0.120. The number of hydrogen-bond acceptors (Lipinski definition) is 2. The predicted octanol–water partition coefficient (Wildman–Crippen LogP) is 2.70. The van der Waals surface area contributed by atoms with E-state index in [0.717, 1.165) is 5.56 Å². The van der Waals surface area contributed by atoms with Crippen LogP contribution in [0.3, 0.4) is 0 Å². The topological polar surface area (TPSA) is 72.2 Å². The molecular weight excluding hydrogens is 264 g/mol. The van der Waals surface area contributed by atoms with Crippen LogP contribution in [0.15, 0.2) is 54.6 Å². The summed E-state index contributed by atoms with van der Waals surface area (Å²) in [5.74, 6) is -0.759. The molecule has 0 spiro atoms. The highest BCUT2D eigenvalue weighted by Gasteiger charge is 2.30. The number of anilines is 1. The van der Waals surface area contributed by atoms with Gasteiger partial charge >= 0.3 is 0 Å². The molecule has 2 rings (SSSR count). The first-order valence-electron chi connectivity index (χ1n) is 6.68. The average Bonchev–Trinajstić information content (AvgIpc) is 2.48. The number of rotatable bonds is 4. The molecular formula is C17H18N2O2. The summed E-state index contributed by atoms with van der Waals surface area (Å²) in [6, 6.07) is 16.2. The van der Waals surface area contributed by atoms with E-state index in [-0.39, 0.29) is 5.91 Å². The first-order chi connectivity index (χ1) is 9.93. The molecule has 0 fully saturated rings. The Kier molecular flexibility index (Phi) is 4.08. The van der Waals surface area contributed by atoms with Crippen molar-refractivity contribution < 1.29 is 9.59 Å². The maximum atomic E-state index is 12.5. The van der Waals surface area contributed by atoms with E-state index in [1.54, 1.807) is 24.3 Å². The minimum Gasteiger partial charge on any atom is -0.366 e. The van der Waals surface area contributed by atoms with Crippen LogP contribution >= 0.6 is 0 Å². The van der Waals surface area contributed by atoms with Crippen LogP contribution in [-0.4, -0.2) is 11.8 Å². The predicted molar refractivity (Wildman–Crippen MR) is 83.1 cm³/mol. The molecule has 0 radical (unpaired) electrons. The minimum atomic E-state index is -0.716. The van der Waals surface area contributed by atoms with Crippen LogP contribution in [0.25, 0.3) is 0 Å². The summed E-state index contributed by atoms with van der Waals surface area (Å²) in [5.41, 5.74) is 6.24. The zero-order chi connectivity index (χ0) is 15.5. The third-order valence-corrected chi connectivity index (χ3v) is 3.50. The summed E-state index contributed by atoms with van der Waals surface area (Å²) in [6.07, 6.45) is 0. The summed E-state index contributed by atoms with van der Waals surface area (Å²) in [6.45, 7) is 3.68. The second-order valence-electron chi connectivity index (χ2n) is 5.35. The Morgan fingerprint density at radius 1 is 0.952 bits per heavy atom. The summed E-state index contributed by atoms with van der Waals surface area (Å²) < 4.78 is 0. The fourth-order valence-electron chi connectivity index (χ4n) is 2.07. The Labute approximate surface area is 124 Å². The second-order valence-corrected chi connectivity index (χ2v) is 5.35. The molecule has 21 heavy (non-hydrogen) atoms. The molecule has 0 unspecified atom stereocenters. The summed E-state index contributed by atoms with van der Waals surface area (Å²) >= 11 is 0. The van der Waals surface area contributed by atoms with E-state index in [1.165, 1.54) is 0 Å². The van der Waals surface area contributed by atoms with Gasteiger partial charge in [0.05, 0.1) is 16.7 Å². The van der Waals surface area contributed by atoms with Crippen LogP contribution in [0.5, 0.6) is 0 Å². The van der Waals surface area contributed by atoms with Gasteiger partial charge in [-0.3, -0.25) is 9.59 Å². The number of carbonyl (C=O) groups excluding carboxylic acids is 2. The molecule has 3 N–H and O–H groups in total. The molecule has 0 aromatic heterocycles. The molecule has 0 saturated carbocycles. The van der Waals surface area contributed by atoms with Gasteiger partial charge in [-0.1, -0.05) is 42.5 Å². The Hall–Kier alpha value is -2.62. The lowest BCUT2D eigenvalue weighted by Gasteiger charge is -2.24. The molecule has 0 heterocycles. The second kappa shape index (κ2) is 5.79. The van der Waals surface area contributed by atoms with E-state index in [0.29, 0.717) is 11.3 Å². The van der Waals surface area contributed by atoms with Crippen molar-refractivity contribution in [2.45, 2.75) is 19.3 Å². The Bertz CT molecular complexity index is 664. The third-order valence-electron chi connectivity index (χ3n) is 3.50. The molecule has 0 aliphatic rings. The maximum absolute atomic E-state index is 12.5. The number of amides is 2. The molecule has 4 nitrogen and oxygen atoms in total. The van der Waals surface area contributed by atoms with Crippen molar-refractivity contribution in [1.29, 1.82) is 0 Å². The largest absolute Gasteiger partial charge is 0.366 e. The lowest BCUT2D eigenvalue weighted by atomic mass is 9.83. The average molecular weight is 282 g/mol. The van der Waals surface area contributed by atoms with Crippen molar-refractivity contribution >= 4 is 17.5 Å². The van der Waals surface area contributed by atoms with Crippen molar-refractivity contribution in [2.75, 3.05) is 5.32 Å². The quantitative estimate of drug-likeness (QED) is 0.905. The van der Waals surface area contributed by atoms with Gasteiger partial charge in [0.1, 0.15) is 0 Å². The van der Waals surface area contributed by atoms with Crippen LogP contribution < -0.4 is 11.1 Å². The molecule has 2 aromatic rings. The molecule has 4 heteroatoms. The van der Waals surface area contributed by atoms with Gasteiger partial charge in [0, 0.05) is 0 Å². The van der Waals surface area contributed by atoms with Crippen LogP contribution in [0.1, 0.15) is 29.8 Å². The Morgan fingerprint density at radius 2 is 1.52 bits per heavy atom. The zero-order valence-corrected chi connectivity index (χ0v) is 12.1. The van der Waals surface area contributed by atoms with Crippen molar-refractivity contribution in [1.82, 2.24) is 0 Å². The first-order valence-corrected chi connectivity index (χ1v) is 6.68. The molecule has 0 aliphatic heterocycles. The maximum Gasteiger partial charge on any atom is 0.250 e. The third kappa shape index (κ3) is 3.11. The van der Waals surface area contributed by atoms with Crippen LogP contribution in [-0.2, 0) is 10.2 Å². The number of hydrogen-bond donors (Lipinski definition) is 2. The molecule has 108 valence electrons. The number of para-hydroxylation sites is 1. The molecule has 0 saturated heterocycles. The fourth-order valence-corrected chi connectivity index (χ4v) is 2.07. The molecule has 2 aromatic carbocycles. The Balaban J connectivity index is 2.28. The van der Waals surface area contributed by atoms with E-state index >= 15 is 0 Å². The molecule has 0 atom stereocenters. The van der Waals surface area contributed by atoms with Crippen molar-refractivity contribution in [2.24, 2.45) is 5.73 Å². The summed E-state index contributed by atoms with van der Waals surface area (Å²) in [5, 5.41) is 2.79. The minimum absolute atomic E-state index is 0.192. The van der Waals surface area contributed by atoms with Crippen LogP contribution in [0, 0.1) is 0 Å². The van der Waals surface area contributed by atoms with Gasteiger partial charge in [0.2, 0.25) is 5.91 Å². The van der Waals surface area contributed by atoms with E-state index in [1.807, 2.05) is 44.2 Å². The number of benzene rings is 2. The fraction of sp³-hybridized carbons (Fsp3) is 0.176. The number of carbonyl (C=O) groups is 2. The SMILES string of the molecule is CC(C)(C(=O)Nc1ccccc1C(N)=O)c1ccccc1. The zero-order valence-electron chi connectivity index (χ0n) is 12.1. The molecule has 0 aliphatic carbocycles.